The van der Waals surface area contributed by atoms with Crippen LogP contribution in [-0.2, 0) is 4.79 Å². The van der Waals surface area contributed by atoms with Crippen molar-refractivity contribution < 1.29 is 4.79 Å². The first-order chi connectivity index (χ1) is 11.3. The second-order valence-electron chi connectivity index (χ2n) is 6.28. The minimum Gasteiger partial charge on any atom is -0.299 e. The molecule has 0 saturated heterocycles. The zero-order valence-corrected chi connectivity index (χ0v) is 14.8. The molecule has 1 aromatic rings. The smallest absolute Gasteiger partial charge is 0.135 e. The Kier molecular flexibility index (Phi) is 8.24. The normalized spacial score (nSPS) is 15.7. The maximum atomic E-state index is 12.0. The molecule has 0 aromatic heterocycles. The molecule has 1 aliphatic carbocycles. The molecule has 0 N–H and O–H groups in total. The van der Waals surface area contributed by atoms with E-state index in [0.29, 0.717) is 11.7 Å². The van der Waals surface area contributed by atoms with Crippen molar-refractivity contribution in [3.05, 3.63) is 54.0 Å². The standard InChI is InChI=1S/C21H28OS/c1-2-10-20(18-11-4-3-5-12-18)17-23-16-9-8-15-21(22)19-13-6-7-14-19/h2-5,11-12,17,19H,1,6-10,13-16H2. The van der Waals surface area contributed by atoms with E-state index in [1.165, 1.54) is 24.0 Å². The Morgan fingerprint density at radius 2 is 1.91 bits per heavy atom. The molecule has 0 spiro atoms. The Labute approximate surface area is 145 Å². The van der Waals surface area contributed by atoms with Gasteiger partial charge in [-0.1, -0.05) is 49.2 Å². The minimum absolute atomic E-state index is 0.389. The number of ketones is 1. The molecule has 0 aliphatic heterocycles. The fourth-order valence-corrected chi connectivity index (χ4v) is 4.06. The summed E-state index contributed by atoms with van der Waals surface area (Å²) in [7, 11) is 0. The van der Waals surface area contributed by atoms with Gasteiger partial charge in [0.15, 0.2) is 0 Å². The summed E-state index contributed by atoms with van der Waals surface area (Å²) in [4.78, 5) is 12.0. The van der Waals surface area contributed by atoms with Gasteiger partial charge in [0.2, 0.25) is 0 Å². The average molecular weight is 329 g/mol. The summed E-state index contributed by atoms with van der Waals surface area (Å²) in [5, 5.41) is 2.26. The van der Waals surface area contributed by atoms with Crippen LogP contribution in [0.4, 0.5) is 0 Å². The van der Waals surface area contributed by atoms with Gasteiger partial charge in [-0.05, 0) is 54.4 Å². The topological polar surface area (TPSA) is 17.1 Å². The van der Waals surface area contributed by atoms with Crippen molar-refractivity contribution in [3.63, 3.8) is 0 Å². The number of unbranched alkanes of at least 4 members (excludes halogenated alkanes) is 1. The summed E-state index contributed by atoms with van der Waals surface area (Å²) in [6, 6.07) is 10.5. The molecule has 0 bridgehead atoms. The molecule has 0 atom stereocenters. The van der Waals surface area contributed by atoms with Gasteiger partial charge < -0.3 is 0 Å². The van der Waals surface area contributed by atoms with Crippen molar-refractivity contribution in [1.29, 1.82) is 0 Å². The highest BCUT2D eigenvalue weighted by molar-refractivity contribution is 8.02. The van der Waals surface area contributed by atoms with Gasteiger partial charge in [-0.3, -0.25) is 4.79 Å². The molecule has 1 fully saturated rings. The molecule has 1 aromatic carbocycles. The zero-order chi connectivity index (χ0) is 16.3. The quantitative estimate of drug-likeness (QED) is 0.372. The first-order valence-corrected chi connectivity index (χ1v) is 9.86. The molecule has 0 heterocycles. The fourth-order valence-electron chi connectivity index (χ4n) is 3.14. The van der Waals surface area contributed by atoms with E-state index in [4.69, 9.17) is 0 Å². The summed E-state index contributed by atoms with van der Waals surface area (Å²) in [5.74, 6) is 1.99. The van der Waals surface area contributed by atoms with E-state index in [9.17, 15) is 4.79 Å². The van der Waals surface area contributed by atoms with Gasteiger partial charge in [0.25, 0.3) is 0 Å². The number of benzene rings is 1. The SMILES string of the molecule is C=CCC(=CSCCCCC(=O)C1CCCC1)c1ccccc1. The molecule has 1 aliphatic rings. The minimum atomic E-state index is 0.389. The summed E-state index contributed by atoms with van der Waals surface area (Å²) in [6.45, 7) is 3.85. The lowest BCUT2D eigenvalue weighted by atomic mass is 9.98. The van der Waals surface area contributed by atoms with Gasteiger partial charge in [-0.2, -0.15) is 0 Å². The highest BCUT2D eigenvalue weighted by Crippen LogP contribution is 2.27. The third-order valence-electron chi connectivity index (χ3n) is 4.48. The van der Waals surface area contributed by atoms with Gasteiger partial charge >= 0.3 is 0 Å². The summed E-state index contributed by atoms with van der Waals surface area (Å²) >= 11 is 1.86. The maximum absolute atomic E-state index is 12.0. The lowest BCUT2D eigenvalue weighted by Gasteiger charge is -2.07. The second-order valence-corrected chi connectivity index (χ2v) is 7.25. The van der Waals surface area contributed by atoms with E-state index in [1.807, 2.05) is 23.9 Å². The van der Waals surface area contributed by atoms with Crippen LogP contribution in [0.1, 0.15) is 56.9 Å². The maximum Gasteiger partial charge on any atom is 0.135 e. The first-order valence-electron chi connectivity index (χ1n) is 8.81. The van der Waals surface area contributed by atoms with Crippen LogP contribution >= 0.6 is 11.8 Å². The number of carbonyl (C=O) groups excluding carboxylic acids is 1. The molecule has 0 amide bonds. The molecule has 1 saturated carbocycles. The number of rotatable bonds is 10. The molecular formula is C21H28OS. The molecule has 1 nitrogen and oxygen atoms in total. The van der Waals surface area contributed by atoms with E-state index < -0.39 is 0 Å². The van der Waals surface area contributed by atoms with Crippen molar-refractivity contribution in [1.82, 2.24) is 0 Å². The van der Waals surface area contributed by atoms with Crippen molar-refractivity contribution in [3.8, 4) is 0 Å². The molecule has 0 radical (unpaired) electrons. The van der Waals surface area contributed by atoms with Crippen molar-refractivity contribution >= 4 is 23.1 Å². The van der Waals surface area contributed by atoms with Crippen LogP contribution in [0, 0.1) is 5.92 Å². The van der Waals surface area contributed by atoms with Gasteiger partial charge in [0.05, 0.1) is 0 Å². The number of thioether (sulfide) groups is 1. The van der Waals surface area contributed by atoms with E-state index in [1.54, 1.807) is 0 Å². The van der Waals surface area contributed by atoms with Gasteiger partial charge in [-0.15, -0.1) is 18.3 Å². The molecule has 23 heavy (non-hydrogen) atoms. The Morgan fingerprint density at radius 3 is 2.61 bits per heavy atom. The highest BCUT2D eigenvalue weighted by Gasteiger charge is 2.21. The highest BCUT2D eigenvalue weighted by atomic mass is 32.2. The molecular weight excluding hydrogens is 300 g/mol. The fraction of sp³-hybridized carbons (Fsp3) is 0.476. The lowest BCUT2D eigenvalue weighted by molar-refractivity contribution is -0.122. The average Bonchev–Trinajstić information content (AvgIpc) is 3.12. The van der Waals surface area contributed by atoms with Crippen LogP contribution in [0.2, 0.25) is 0 Å². The van der Waals surface area contributed by atoms with Crippen LogP contribution in [0.5, 0.6) is 0 Å². The zero-order valence-electron chi connectivity index (χ0n) is 14.0. The van der Waals surface area contributed by atoms with Crippen molar-refractivity contribution in [2.75, 3.05) is 5.75 Å². The Bertz CT molecular complexity index is 512. The molecule has 0 unspecified atom stereocenters. The lowest BCUT2D eigenvalue weighted by Crippen LogP contribution is -2.10. The van der Waals surface area contributed by atoms with Crippen LogP contribution < -0.4 is 0 Å². The van der Waals surface area contributed by atoms with Gasteiger partial charge in [-0.25, -0.2) is 0 Å². The molecule has 2 rings (SSSR count). The summed E-state index contributed by atoms with van der Waals surface area (Å²) in [5.41, 5.74) is 2.60. The van der Waals surface area contributed by atoms with Crippen LogP contribution in [0.25, 0.3) is 5.57 Å². The monoisotopic (exact) mass is 328 g/mol. The van der Waals surface area contributed by atoms with E-state index in [-0.39, 0.29) is 0 Å². The number of hydrogen-bond acceptors (Lipinski definition) is 2. The van der Waals surface area contributed by atoms with E-state index in [2.05, 4.69) is 36.3 Å². The van der Waals surface area contributed by atoms with Gasteiger partial charge in [0.1, 0.15) is 5.78 Å². The molecule has 2 heteroatoms. The number of allylic oxidation sites excluding steroid dienone is 2. The Morgan fingerprint density at radius 1 is 1.17 bits per heavy atom. The van der Waals surface area contributed by atoms with E-state index >= 15 is 0 Å². The first kappa shape index (κ1) is 18.1. The van der Waals surface area contributed by atoms with Crippen molar-refractivity contribution in [2.24, 2.45) is 5.92 Å². The number of hydrogen-bond donors (Lipinski definition) is 0. The van der Waals surface area contributed by atoms with E-state index in [0.717, 1.165) is 44.3 Å². The molecule has 124 valence electrons. The largest absolute Gasteiger partial charge is 0.299 e. The summed E-state index contributed by atoms with van der Waals surface area (Å²) < 4.78 is 0. The number of Topliss-reactive ketones (excluding diaryl/α,β-unsaturated/α-hetero) is 1. The number of carbonyl (C=O) groups is 1. The van der Waals surface area contributed by atoms with Crippen LogP contribution in [0.15, 0.2) is 48.4 Å². The van der Waals surface area contributed by atoms with Gasteiger partial charge in [0, 0.05) is 12.3 Å². The van der Waals surface area contributed by atoms with Crippen molar-refractivity contribution in [2.45, 2.75) is 51.4 Å². The Hall–Kier alpha value is -1.28. The third-order valence-corrected chi connectivity index (χ3v) is 5.46. The summed E-state index contributed by atoms with van der Waals surface area (Å²) in [6.07, 6.45) is 10.6. The predicted molar refractivity (Wildman–Crippen MR) is 103 cm³/mol. The Balaban J connectivity index is 1.68. The third kappa shape index (κ3) is 6.39. The second kappa shape index (κ2) is 10.5. The van der Waals surface area contributed by atoms with Crippen LogP contribution in [0.3, 0.4) is 0 Å². The predicted octanol–water partition coefficient (Wildman–Crippen LogP) is 6.27. The van der Waals surface area contributed by atoms with Crippen LogP contribution in [-0.4, -0.2) is 11.5 Å².